The van der Waals surface area contributed by atoms with Crippen LogP contribution >= 0.6 is 0 Å². The van der Waals surface area contributed by atoms with Crippen LogP contribution in [0.25, 0.3) is 11.2 Å². The number of aromatic nitrogens is 4. The molecule has 230 valence electrons. The van der Waals surface area contributed by atoms with E-state index in [1.807, 2.05) is 0 Å². The van der Waals surface area contributed by atoms with E-state index in [2.05, 4.69) is 30.9 Å². The summed E-state index contributed by atoms with van der Waals surface area (Å²) in [4.78, 5) is 74.9. The molecule has 3 aromatic rings. The Kier molecular flexibility index (Phi) is 10.9. The van der Waals surface area contributed by atoms with Crippen LogP contribution in [0, 0.1) is 0 Å². The zero-order valence-corrected chi connectivity index (χ0v) is 23.8. The number of hydrogen-bond donors (Lipinski definition) is 5. The molecule has 2 heterocycles. The number of alkyl carbamates (subject to hydrolysis) is 1. The zero-order chi connectivity index (χ0) is 31.6. The number of imidazole rings is 1. The highest BCUT2D eigenvalue weighted by Crippen LogP contribution is 2.22. The van der Waals surface area contributed by atoms with Crippen molar-refractivity contribution in [1.82, 2.24) is 29.7 Å². The molecule has 0 bridgehead atoms. The molecule has 6 N–H and O–H groups in total. The van der Waals surface area contributed by atoms with Crippen molar-refractivity contribution in [3.63, 3.8) is 0 Å². The lowest BCUT2D eigenvalue weighted by atomic mass is 10.2. The van der Waals surface area contributed by atoms with E-state index in [9.17, 15) is 29.1 Å². The summed E-state index contributed by atoms with van der Waals surface area (Å²) in [7, 11) is 0. The largest absolute Gasteiger partial charge is 0.480 e. The zero-order valence-electron chi connectivity index (χ0n) is 23.8. The predicted molar refractivity (Wildman–Crippen MR) is 152 cm³/mol. The Morgan fingerprint density at radius 1 is 1.05 bits per heavy atom. The molecule has 0 aliphatic rings. The summed E-state index contributed by atoms with van der Waals surface area (Å²) in [5, 5.41) is 16.7. The Bertz CT molecular complexity index is 1470. The van der Waals surface area contributed by atoms with Gasteiger partial charge in [-0.3, -0.25) is 25.0 Å². The van der Waals surface area contributed by atoms with Crippen molar-refractivity contribution in [3.8, 4) is 5.75 Å². The Labute approximate surface area is 245 Å². The second kappa shape index (κ2) is 14.5. The third-order valence-electron chi connectivity index (χ3n) is 5.30. The molecule has 0 aliphatic carbocycles. The van der Waals surface area contributed by atoms with Crippen LogP contribution in [-0.2, 0) is 25.7 Å². The number of ether oxygens (including phenoxy) is 2. The number of nitrogens with one attached hydrogen (secondary N) is 3. The minimum absolute atomic E-state index is 0.0283. The molecule has 0 fully saturated rings. The van der Waals surface area contributed by atoms with Gasteiger partial charge in [-0.1, -0.05) is 18.2 Å². The van der Waals surface area contributed by atoms with Crippen LogP contribution in [0.3, 0.4) is 0 Å². The number of nitrogens with two attached hydrogens (primary N) is 1. The maximum Gasteiger partial charge on any atom is 0.418 e. The van der Waals surface area contributed by atoms with Crippen LogP contribution in [0.2, 0.25) is 0 Å². The molecule has 0 radical (unpaired) electrons. The number of aliphatic carboxylic acids is 1. The maximum absolute atomic E-state index is 13.2. The quantitative estimate of drug-likeness (QED) is 0.197. The molecule has 43 heavy (non-hydrogen) atoms. The summed E-state index contributed by atoms with van der Waals surface area (Å²) in [5.41, 5.74) is 4.81. The van der Waals surface area contributed by atoms with Gasteiger partial charge in [0.2, 0.25) is 17.8 Å². The molecule has 17 nitrogen and oxygen atoms in total. The minimum atomic E-state index is -1.27. The molecular weight excluding hydrogens is 566 g/mol. The van der Waals surface area contributed by atoms with Crippen molar-refractivity contribution in [2.75, 3.05) is 36.8 Å². The van der Waals surface area contributed by atoms with E-state index in [1.165, 1.54) is 10.9 Å². The van der Waals surface area contributed by atoms with Gasteiger partial charge >= 0.3 is 18.2 Å². The number of rotatable bonds is 12. The van der Waals surface area contributed by atoms with Crippen molar-refractivity contribution >= 4 is 52.9 Å². The lowest BCUT2D eigenvalue weighted by Crippen LogP contribution is -2.43. The van der Waals surface area contributed by atoms with Crippen molar-refractivity contribution in [1.29, 1.82) is 0 Å². The highest BCUT2D eigenvalue weighted by molar-refractivity contribution is 5.97. The smallest absolute Gasteiger partial charge is 0.418 e. The second-order valence-electron chi connectivity index (χ2n) is 9.99. The number of para-hydroxylation sites is 1. The Hall–Kier alpha value is -5.32. The Balaban J connectivity index is 1.83. The van der Waals surface area contributed by atoms with E-state index in [0.717, 1.165) is 4.90 Å². The summed E-state index contributed by atoms with van der Waals surface area (Å²) in [5.74, 6) is -2.47. The first-order valence-corrected chi connectivity index (χ1v) is 13.1. The van der Waals surface area contributed by atoms with Crippen LogP contribution in [0.15, 0.2) is 36.7 Å². The number of carboxylic acid groups (broad SMARTS) is 1. The highest BCUT2D eigenvalue weighted by atomic mass is 16.6. The van der Waals surface area contributed by atoms with Crippen LogP contribution in [-0.4, -0.2) is 91.3 Å². The van der Waals surface area contributed by atoms with Gasteiger partial charge in [0, 0.05) is 26.1 Å². The fraction of sp³-hybridized carbons (Fsp3) is 0.385. The third-order valence-corrected chi connectivity index (χ3v) is 5.30. The number of carbonyl (C=O) groups excluding carboxylic acids is 4. The molecule has 0 atom stereocenters. The lowest BCUT2D eigenvalue weighted by Gasteiger charge is -2.23. The number of benzene rings is 1. The standard InChI is InChI=1S/C26H33N9O8/c1-26(2,3)43-24(40)28-11-12-34(14-19(38)39)18(37)13-35-15-29-20-21(32-25(41)42-16-7-5-4-6-8-16)31-23(33-22(20)35)30-17(36)9-10-27/h4-8,15H,9-14,27H2,1-3H3,(H,28,40)(H,38,39)(H2,30,31,32,33,36,41). The van der Waals surface area contributed by atoms with Gasteiger partial charge in [-0.25, -0.2) is 14.6 Å². The molecule has 0 spiro atoms. The fourth-order valence-electron chi connectivity index (χ4n) is 3.55. The maximum atomic E-state index is 13.2. The monoisotopic (exact) mass is 599 g/mol. The van der Waals surface area contributed by atoms with Gasteiger partial charge in [0.1, 0.15) is 24.4 Å². The summed E-state index contributed by atoms with van der Waals surface area (Å²) < 4.78 is 11.7. The van der Waals surface area contributed by atoms with Gasteiger partial charge in [-0.15, -0.1) is 0 Å². The second-order valence-corrected chi connectivity index (χ2v) is 9.99. The predicted octanol–water partition coefficient (Wildman–Crippen LogP) is 1.16. The van der Waals surface area contributed by atoms with Crippen molar-refractivity contribution < 1.29 is 38.6 Å². The van der Waals surface area contributed by atoms with Gasteiger partial charge in [-0.2, -0.15) is 9.97 Å². The van der Waals surface area contributed by atoms with E-state index >= 15 is 0 Å². The molecule has 1 aromatic carbocycles. The van der Waals surface area contributed by atoms with E-state index in [4.69, 9.17) is 15.2 Å². The van der Waals surface area contributed by atoms with E-state index < -0.39 is 48.7 Å². The average Bonchev–Trinajstić information content (AvgIpc) is 3.30. The van der Waals surface area contributed by atoms with Crippen LogP contribution in [0.5, 0.6) is 5.75 Å². The Morgan fingerprint density at radius 3 is 2.42 bits per heavy atom. The molecule has 0 saturated carbocycles. The number of carbonyl (C=O) groups is 5. The van der Waals surface area contributed by atoms with Crippen LogP contribution < -0.4 is 26.4 Å². The van der Waals surface area contributed by atoms with Gasteiger partial charge in [0.15, 0.2) is 17.0 Å². The van der Waals surface area contributed by atoms with Gasteiger partial charge in [0.05, 0.1) is 6.33 Å². The third kappa shape index (κ3) is 10.2. The molecule has 4 amide bonds. The van der Waals surface area contributed by atoms with Crippen LogP contribution in [0.1, 0.15) is 27.2 Å². The molecule has 0 aliphatic heterocycles. The summed E-state index contributed by atoms with van der Waals surface area (Å²) in [6, 6.07) is 8.24. The molecule has 0 unspecified atom stereocenters. The highest BCUT2D eigenvalue weighted by Gasteiger charge is 2.22. The van der Waals surface area contributed by atoms with Gasteiger partial charge in [-0.05, 0) is 32.9 Å². The number of carboxylic acids is 1. The Morgan fingerprint density at radius 2 is 1.77 bits per heavy atom. The fourth-order valence-corrected chi connectivity index (χ4v) is 3.55. The van der Waals surface area contributed by atoms with E-state index in [1.54, 1.807) is 51.1 Å². The normalized spacial score (nSPS) is 11.0. The first kappa shape index (κ1) is 32.2. The molecule has 17 heteroatoms. The summed E-state index contributed by atoms with van der Waals surface area (Å²) >= 11 is 0. The van der Waals surface area contributed by atoms with E-state index in [-0.39, 0.29) is 54.7 Å². The number of fused-ring (bicyclic) bond motifs is 1. The first-order chi connectivity index (χ1) is 20.3. The molecule has 2 aromatic heterocycles. The van der Waals surface area contributed by atoms with Crippen molar-refractivity contribution in [2.24, 2.45) is 5.73 Å². The van der Waals surface area contributed by atoms with Crippen LogP contribution in [0.4, 0.5) is 21.4 Å². The molecule has 3 rings (SSSR count). The number of hydrogen-bond acceptors (Lipinski definition) is 11. The van der Waals surface area contributed by atoms with Gasteiger partial charge < -0.3 is 35.1 Å². The average molecular weight is 600 g/mol. The number of amides is 4. The summed E-state index contributed by atoms with van der Waals surface area (Å²) in [6.07, 6.45) is -0.405. The first-order valence-electron chi connectivity index (χ1n) is 13.1. The van der Waals surface area contributed by atoms with E-state index in [0.29, 0.717) is 0 Å². The lowest BCUT2D eigenvalue weighted by molar-refractivity contribution is -0.144. The van der Waals surface area contributed by atoms with Crippen molar-refractivity contribution in [3.05, 3.63) is 36.7 Å². The topological polar surface area (TPSA) is 233 Å². The molecule has 0 saturated heterocycles. The van der Waals surface area contributed by atoms with Crippen molar-refractivity contribution in [2.45, 2.75) is 39.3 Å². The number of anilines is 2. The SMILES string of the molecule is CC(C)(C)OC(=O)NCCN(CC(=O)O)C(=O)Cn1cnc2c(NC(=O)Oc3ccccc3)nc(NC(=O)CCN)nc21. The number of nitrogens with zero attached hydrogens (tertiary/aromatic N) is 5. The van der Waals surface area contributed by atoms with Gasteiger partial charge in [0.25, 0.3) is 0 Å². The minimum Gasteiger partial charge on any atom is -0.480 e. The molecular formula is C26H33N9O8. The summed E-state index contributed by atoms with van der Waals surface area (Å²) in [6.45, 7) is 3.86.